The summed E-state index contributed by atoms with van der Waals surface area (Å²) in [4.78, 5) is 6.81. The number of ether oxygens (including phenoxy) is 2. The smallest absolute Gasteiger partial charge is 0.193 e. The number of rotatable bonds is 11. The van der Waals surface area contributed by atoms with E-state index in [1.54, 1.807) is 0 Å². The second-order valence-corrected chi connectivity index (χ2v) is 6.48. The van der Waals surface area contributed by atoms with Crippen LogP contribution in [0.5, 0.6) is 11.5 Å². The molecule has 27 heavy (non-hydrogen) atoms. The molecule has 0 saturated heterocycles. The molecule has 156 valence electrons. The van der Waals surface area contributed by atoms with Crippen LogP contribution in [0.2, 0.25) is 0 Å². The van der Waals surface area contributed by atoms with E-state index in [0.717, 1.165) is 30.0 Å². The molecule has 0 aliphatic rings. The van der Waals surface area contributed by atoms with Crippen molar-refractivity contribution in [3.05, 3.63) is 18.2 Å². The fraction of sp³-hybridized carbons (Fsp3) is 0.650. The Labute approximate surface area is 181 Å². The van der Waals surface area contributed by atoms with Crippen molar-refractivity contribution in [3.8, 4) is 11.5 Å². The van der Waals surface area contributed by atoms with Crippen LogP contribution >= 0.6 is 24.0 Å². The number of benzene rings is 1. The average molecular weight is 492 g/mol. The van der Waals surface area contributed by atoms with E-state index in [2.05, 4.69) is 43.2 Å². The molecule has 0 bridgehead atoms. The van der Waals surface area contributed by atoms with Crippen molar-refractivity contribution in [2.24, 2.45) is 16.6 Å². The first-order valence-corrected chi connectivity index (χ1v) is 9.59. The van der Waals surface area contributed by atoms with E-state index in [-0.39, 0.29) is 24.0 Å². The highest BCUT2D eigenvalue weighted by Gasteiger charge is 2.20. The summed E-state index contributed by atoms with van der Waals surface area (Å²) in [6, 6.07) is 6.03. The van der Waals surface area contributed by atoms with Crippen molar-refractivity contribution in [1.29, 1.82) is 0 Å². The normalized spacial score (nSPS) is 12.7. The van der Waals surface area contributed by atoms with Gasteiger partial charge < -0.3 is 25.4 Å². The lowest BCUT2D eigenvalue weighted by atomic mass is 9.93. The quantitative estimate of drug-likeness (QED) is 0.275. The molecule has 0 aliphatic carbocycles. The summed E-state index contributed by atoms with van der Waals surface area (Å²) in [6.45, 7) is 10.2. The number of nitrogens with zero attached hydrogens (tertiary/aromatic N) is 2. The van der Waals surface area contributed by atoms with E-state index < -0.39 is 0 Å². The minimum absolute atomic E-state index is 0. The highest BCUT2D eigenvalue weighted by atomic mass is 127. The van der Waals surface area contributed by atoms with E-state index in [1.807, 2.05) is 32.0 Å². The molecule has 0 fully saturated rings. The molecule has 0 spiro atoms. The number of guanidine groups is 1. The molecule has 0 saturated carbocycles. The molecule has 3 N–H and O–H groups in total. The van der Waals surface area contributed by atoms with Crippen molar-refractivity contribution in [3.63, 3.8) is 0 Å². The van der Waals surface area contributed by atoms with Gasteiger partial charge in [0.2, 0.25) is 0 Å². The van der Waals surface area contributed by atoms with Crippen LogP contribution in [0.4, 0.5) is 5.69 Å². The van der Waals surface area contributed by atoms with Crippen LogP contribution in [0.25, 0.3) is 0 Å². The molecule has 7 heteroatoms. The standard InChI is InChI=1S/C20H36N4O2.HI/c1-7-15(8-2)18(24(5)6)14-22-20(21)23-17-13-16(25-9-3)11-12-19(17)26-10-4;/h11-13,15,18H,7-10,14H2,1-6H3,(H3,21,22,23);1H. The van der Waals surface area contributed by atoms with Crippen LogP contribution in [0.3, 0.4) is 0 Å². The van der Waals surface area contributed by atoms with Gasteiger partial charge >= 0.3 is 0 Å². The summed E-state index contributed by atoms with van der Waals surface area (Å²) >= 11 is 0. The van der Waals surface area contributed by atoms with Crippen molar-refractivity contribution in [2.45, 2.75) is 46.6 Å². The number of hydrogen-bond acceptors (Lipinski definition) is 4. The number of halogens is 1. The van der Waals surface area contributed by atoms with Crippen molar-refractivity contribution in [1.82, 2.24) is 4.90 Å². The molecular formula is C20H37IN4O2. The number of aliphatic imine (C=N–C) groups is 1. The van der Waals surface area contributed by atoms with E-state index in [4.69, 9.17) is 15.2 Å². The third-order valence-corrected chi connectivity index (χ3v) is 4.53. The highest BCUT2D eigenvalue weighted by Crippen LogP contribution is 2.29. The minimum Gasteiger partial charge on any atom is -0.494 e. The molecule has 0 radical (unpaired) electrons. The number of nitrogens with one attached hydrogen (secondary N) is 1. The molecule has 0 amide bonds. The first kappa shape index (κ1) is 25.8. The molecule has 0 aliphatic heterocycles. The van der Waals surface area contributed by atoms with E-state index in [1.165, 1.54) is 0 Å². The lowest BCUT2D eigenvalue weighted by Gasteiger charge is -2.30. The van der Waals surface area contributed by atoms with Crippen LogP contribution in [0.1, 0.15) is 40.5 Å². The molecule has 0 aromatic heterocycles. The monoisotopic (exact) mass is 492 g/mol. The largest absolute Gasteiger partial charge is 0.494 e. The summed E-state index contributed by atoms with van der Waals surface area (Å²) in [5.41, 5.74) is 6.92. The molecule has 1 unspecified atom stereocenters. The molecular weight excluding hydrogens is 455 g/mol. The van der Waals surface area contributed by atoms with Gasteiger partial charge in [-0.05, 0) is 46.0 Å². The Kier molecular flexibility index (Phi) is 13.2. The van der Waals surface area contributed by atoms with E-state index in [9.17, 15) is 0 Å². The van der Waals surface area contributed by atoms with Crippen LogP contribution in [-0.4, -0.2) is 50.8 Å². The van der Waals surface area contributed by atoms with Gasteiger partial charge in [0.25, 0.3) is 0 Å². The maximum absolute atomic E-state index is 6.15. The Hall–Kier alpha value is -1.22. The number of nitrogens with two attached hydrogens (primary N) is 1. The molecule has 0 heterocycles. The first-order valence-electron chi connectivity index (χ1n) is 9.59. The predicted molar refractivity (Wildman–Crippen MR) is 126 cm³/mol. The fourth-order valence-electron chi connectivity index (χ4n) is 3.08. The van der Waals surface area contributed by atoms with Gasteiger partial charge in [0.1, 0.15) is 11.5 Å². The van der Waals surface area contributed by atoms with Crippen molar-refractivity contribution < 1.29 is 9.47 Å². The Morgan fingerprint density at radius 2 is 1.74 bits per heavy atom. The number of hydrogen-bond donors (Lipinski definition) is 2. The highest BCUT2D eigenvalue weighted by molar-refractivity contribution is 14.0. The van der Waals surface area contributed by atoms with Gasteiger partial charge in [-0.15, -0.1) is 24.0 Å². The van der Waals surface area contributed by atoms with Crippen LogP contribution in [0, 0.1) is 5.92 Å². The van der Waals surface area contributed by atoms with Crippen LogP contribution in [0.15, 0.2) is 23.2 Å². The van der Waals surface area contributed by atoms with Gasteiger partial charge in [0.15, 0.2) is 5.96 Å². The summed E-state index contributed by atoms with van der Waals surface area (Å²) < 4.78 is 11.2. The Morgan fingerprint density at radius 1 is 1.11 bits per heavy atom. The molecule has 6 nitrogen and oxygen atoms in total. The van der Waals surface area contributed by atoms with Crippen molar-refractivity contribution >= 4 is 35.6 Å². The topological polar surface area (TPSA) is 72.1 Å². The van der Waals surface area contributed by atoms with Gasteiger partial charge in [-0.3, -0.25) is 4.99 Å². The third kappa shape index (κ3) is 8.55. The molecule has 1 rings (SSSR count). The minimum atomic E-state index is 0. The lowest BCUT2D eigenvalue weighted by Crippen LogP contribution is -2.38. The van der Waals surface area contributed by atoms with E-state index >= 15 is 0 Å². The summed E-state index contributed by atoms with van der Waals surface area (Å²) in [7, 11) is 4.20. The molecule has 1 atom stereocenters. The maximum atomic E-state index is 6.15. The molecule has 1 aromatic carbocycles. The first-order chi connectivity index (χ1) is 12.5. The lowest BCUT2D eigenvalue weighted by molar-refractivity contribution is 0.206. The third-order valence-electron chi connectivity index (χ3n) is 4.53. The zero-order chi connectivity index (χ0) is 19.5. The van der Waals surface area contributed by atoms with Gasteiger partial charge in [-0.1, -0.05) is 26.7 Å². The van der Waals surface area contributed by atoms with Gasteiger partial charge in [0.05, 0.1) is 25.4 Å². The van der Waals surface area contributed by atoms with E-state index in [0.29, 0.717) is 37.7 Å². The SMILES string of the molecule is CCOc1ccc(OCC)c(NC(N)=NCC(C(CC)CC)N(C)C)c1.I. The Bertz CT molecular complexity index is 563. The molecule has 1 aromatic rings. The maximum Gasteiger partial charge on any atom is 0.193 e. The predicted octanol–water partition coefficient (Wildman–Crippen LogP) is 4.20. The Morgan fingerprint density at radius 3 is 2.26 bits per heavy atom. The summed E-state index contributed by atoms with van der Waals surface area (Å²) in [6.07, 6.45) is 2.26. The Balaban J connectivity index is 0.00000676. The second kappa shape index (κ2) is 13.9. The van der Waals surface area contributed by atoms with Gasteiger partial charge in [-0.25, -0.2) is 0 Å². The number of likely N-dealkylation sites (N-methyl/N-ethyl adjacent to an activating group) is 1. The summed E-state index contributed by atoms with van der Waals surface area (Å²) in [5.74, 6) is 2.49. The summed E-state index contributed by atoms with van der Waals surface area (Å²) in [5, 5.41) is 3.17. The van der Waals surface area contributed by atoms with Crippen LogP contribution < -0.4 is 20.5 Å². The fourth-order valence-corrected chi connectivity index (χ4v) is 3.08. The average Bonchev–Trinajstić information content (AvgIpc) is 2.61. The zero-order valence-corrected chi connectivity index (χ0v) is 19.9. The van der Waals surface area contributed by atoms with Gasteiger partial charge in [-0.2, -0.15) is 0 Å². The number of anilines is 1. The van der Waals surface area contributed by atoms with Crippen LogP contribution in [-0.2, 0) is 0 Å². The second-order valence-electron chi connectivity index (χ2n) is 6.48. The van der Waals surface area contributed by atoms with Crippen molar-refractivity contribution in [2.75, 3.05) is 39.2 Å². The zero-order valence-electron chi connectivity index (χ0n) is 17.6. The van der Waals surface area contributed by atoms with Gasteiger partial charge in [0, 0.05) is 12.1 Å².